The summed E-state index contributed by atoms with van der Waals surface area (Å²) in [6.45, 7) is 5.02. The smallest absolute Gasteiger partial charge is 0.274 e. The van der Waals surface area contributed by atoms with Gasteiger partial charge in [-0.15, -0.1) is 0 Å². The van der Waals surface area contributed by atoms with Crippen LogP contribution in [-0.4, -0.2) is 49.0 Å². The van der Waals surface area contributed by atoms with Crippen molar-refractivity contribution in [1.82, 2.24) is 9.88 Å². The second-order valence-corrected chi connectivity index (χ2v) is 5.43. The van der Waals surface area contributed by atoms with Crippen LogP contribution >= 0.6 is 0 Å². The molecule has 0 radical (unpaired) electrons. The Balaban J connectivity index is 2.23. The van der Waals surface area contributed by atoms with Crippen molar-refractivity contribution in [2.75, 3.05) is 32.6 Å². The highest BCUT2D eigenvalue weighted by molar-refractivity contribution is 6.05. The maximum Gasteiger partial charge on any atom is 0.274 e. The number of ether oxygens (including phenoxy) is 2. The lowest BCUT2D eigenvalue weighted by atomic mass is 10.2. The van der Waals surface area contributed by atoms with Gasteiger partial charge in [0.1, 0.15) is 17.2 Å². The number of benzene rings is 1. The fraction of sp³-hybridized carbons (Fsp3) is 0.316. The van der Waals surface area contributed by atoms with Crippen molar-refractivity contribution in [2.24, 2.45) is 0 Å². The van der Waals surface area contributed by atoms with Crippen LogP contribution in [0.3, 0.4) is 0 Å². The Morgan fingerprint density at radius 1 is 1.08 bits per heavy atom. The molecule has 138 valence electrons. The Bertz CT molecular complexity index is 788. The highest BCUT2D eigenvalue weighted by Gasteiger charge is 2.17. The lowest BCUT2D eigenvalue weighted by Gasteiger charge is -2.18. The van der Waals surface area contributed by atoms with E-state index in [9.17, 15) is 9.59 Å². The monoisotopic (exact) mass is 357 g/mol. The largest absolute Gasteiger partial charge is 0.497 e. The topological polar surface area (TPSA) is 80.8 Å². The molecule has 0 atom stereocenters. The van der Waals surface area contributed by atoms with Crippen LogP contribution in [0.25, 0.3) is 0 Å². The number of anilines is 1. The average Bonchev–Trinajstić information content (AvgIpc) is 2.69. The summed E-state index contributed by atoms with van der Waals surface area (Å²) in [5.74, 6) is 0.522. The number of carbonyl (C=O) groups excluding carboxylic acids is 2. The first kappa shape index (κ1) is 19.2. The maximum atomic E-state index is 12.5. The molecular formula is C19H23N3O4. The molecule has 0 spiro atoms. The maximum absolute atomic E-state index is 12.5. The third kappa shape index (κ3) is 4.30. The van der Waals surface area contributed by atoms with Gasteiger partial charge in [0, 0.05) is 30.9 Å². The Morgan fingerprint density at radius 3 is 2.42 bits per heavy atom. The van der Waals surface area contributed by atoms with Crippen LogP contribution in [0.2, 0.25) is 0 Å². The van der Waals surface area contributed by atoms with Crippen molar-refractivity contribution in [3.05, 3.63) is 47.8 Å². The number of hydrogen-bond acceptors (Lipinski definition) is 5. The summed E-state index contributed by atoms with van der Waals surface area (Å²) >= 11 is 0. The van der Waals surface area contributed by atoms with Gasteiger partial charge >= 0.3 is 0 Å². The second kappa shape index (κ2) is 8.84. The molecule has 0 unspecified atom stereocenters. The van der Waals surface area contributed by atoms with Gasteiger partial charge in [0.05, 0.1) is 19.9 Å². The molecule has 2 rings (SSSR count). The number of methoxy groups -OCH3 is 2. The molecule has 0 bridgehead atoms. The van der Waals surface area contributed by atoms with Gasteiger partial charge in [0.2, 0.25) is 0 Å². The summed E-state index contributed by atoms with van der Waals surface area (Å²) in [5, 5.41) is 2.75. The lowest BCUT2D eigenvalue weighted by Crippen LogP contribution is -2.30. The molecule has 1 aromatic carbocycles. The molecule has 1 N–H and O–H groups in total. The molecule has 0 aliphatic carbocycles. The zero-order valence-corrected chi connectivity index (χ0v) is 15.4. The first-order valence-corrected chi connectivity index (χ1v) is 8.32. The van der Waals surface area contributed by atoms with E-state index in [2.05, 4.69) is 10.3 Å². The zero-order valence-electron chi connectivity index (χ0n) is 15.4. The summed E-state index contributed by atoms with van der Waals surface area (Å²) in [6.07, 6.45) is 1.46. The molecule has 2 aromatic rings. The van der Waals surface area contributed by atoms with Gasteiger partial charge in [-0.2, -0.15) is 0 Å². The number of amides is 2. The normalized spacial score (nSPS) is 10.2. The molecule has 0 fully saturated rings. The molecule has 1 heterocycles. The average molecular weight is 357 g/mol. The van der Waals surface area contributed by atoms with Crippen LogP contribution < -0.4 is 14.8 Å². The number of nitrogens with zero attached hydrogens (tertiary/aromatic N) is 2. The van der Waals surface area contributed by atoms with Crippen molar-refractivity contribution in [3.8, 4) is 11.5 Å². The van der Waals surface area contributed by atoms with E-state index < -0.39 is 5.91 Å². The molecule has 7 nitrogen and oxygen atoms in total. The Labute approximate surface area is 152 Å². The van der Waals surface area contributed by atoms with Crippen LogP contribution in [0.5, 0.6) is 11.5 Å². The molecule has 0 aliphatic heterocycles. The van der Waals surface area contributed by atoms with E-state index >= 15 is 0 Å². The first-order chi connectivity index (χ1) is 12.5. The van der Waals surface area contributed by atoms with E-state index in [0.29, 0.717) is 35.8 Å². The fourth-order valence-electron chi connectivity index (χ4n) is 2.47. The Kier molecular flexibility index (Phi) is 6.54. The van der Waals surface area contributed by atoms with Crippen molar-refractivity contribution in [1.29, 1.82) is 0 Å². The van der Waals surface area contributed by atoms with Crippen LogP contribution in [0, 0.1) is 0 Å². The van der Waals surface area contributed by atoms with Crippen molar-refractivity contribution < 1.29 is 19.1 Å². The summed E-state index contributed by atoms with van der Waals surface area (Å²) in [7, 11) is 3.06. The van der Waals surface area contributed by atoms with Gasteiger partial charge in [0.25, 0.3) is 11.8 Å². The van der Waals surface area contributed by atoms with Crippen molar-refractivity contribution in [3.63, 3.8) is 0 Å². The highest BCUT2D eigenvalue weighted by Crippen LogP contribution is 2.29. The number of aromatic nitrogens is 1. The molecular weight excluding hydrogens is 334 g/mol. The minimum atomic E-state index is -0.428. The molecule has 2 amide bonds. The SMILES string of the molecule is CCN(CC)C(=O)c1ccnc(C(=O)Nc2ccc(OC)cc2OC)c1. The van der Waals surface area contributed by atoms with Gasteiger partial charge < -0.3 is 19.7 Å². The third-order valence-electron chi connectivity index (χ3n) is 3.95. The summed E-state index contributed by atoms with van der Waals surface area (Å²) < 4.78 is 10.4. The predicted molar refractivity (Wildman–Crippen MR) is 99.0 cm³/mol. The van der Waals surface area contributed by atoms with Crippen LogP contribution in [0.15, 0.2) is 36.5 Å². The summed E-state index contributed by atoms with van der Waals surface area (Å²) in [4.78, 5) is 30.7. The van der Waals surface area contributed by atoms with E-state index in [1.54, 1.807) is 36.3 Å². The molecule has 0 saturated carbocycles. The quantitative estimate of drug-likeness (QED) is 0.824. The second-order valence-electron chi connectivity index (χ2n) is 5.43. The zero-order chi connectivity index (χ0) is 19.1. The van der Waals surface area contributed by atoms with E-state index in [-0.39, 0.29) is 11.6 Å². The third-order valence-corrected chi connectivity index (χ3v) is 3.95. The molecule has 26 heavy (non-hydrogen) atoms. The minimum absolute atomic E-state index is 0.131. The molecule has 7 heteroatoms. The number of hydrogen-bond donors (Lipinski definition) is 1. The van der Waals surface area contributed by atoms with Gasteiger partial charge in [-0.1, -0.05) is 0 Å². The van der Waals surface area contributed by atoms with Gasteiger partial charge in [-0.05, 0) is 38.1 Å². The van der Waals surface area contributed by atoms with E-state index in [0.717, 1.165) is 0 Å². The van der Waals surface area contributed by atoms with Crippen LogP contribution in [0.1, 0.15) is 34.7 Å². The highest BCUT2D eigenvalue weighted by atomic mass is 16.5. The summed E-state index contributed by atoms with van der Waals surface area (Å²) in [6, 6.07) is 8.16. The molecule has 0 saturated heterocycles. The predicted octanol–water partition coefficient (Wildman–Crippen LogP) is 2.83. The number of carbonyl (C=O) groups is 2. The van der Waals surface area contributed by atoms with Gasteiger partial charge in [0.15, 0.2) is 0 Å². The van der Waals surface area contributed by atoms with Crippen LogP contribution in [-0.2, 0) is 0 Å². The van der Waals surface area contributed by atoms with E-state index in [4.69, 9.17) is 9.47 Å². The van der Waals surface area contributed by atoms with Crippen molar-refractivity contribution >= 4 is 17.5 Å². The lowest BCUT2D eigenvalue weighted by molar-refractivity contribution is 0.0773. The van der Waals surface area contributed by atoms with Crippen molar-refractivity contribution in [2.45, 2.75) is 13.8 Å². The number of nitrogens with one attached hydrogen (secondary N) is 1. The fourth-order valence-corrected chi connectivity index (χ4v) is 2.47. The summed E-state index contributed by atoms with van der Waals surface area (Å²) in [5.41, 5.74) is 1.07. The first-order valence-electron chi connectivity index (χ1n) is 8.32. The minimum Gasteiger partial charge on any atom is -0.497 e. The number of pyridine rings is 1. The number of rotatable bonds is 7. The van der Waals surface area contributed by atoms with E-state index in [1.165, 1.54) is 19.4 Å². The Morgan fingerprint density at radius 2 is 1.81 bits per heavy atom. The standard InChI is InChI=1S/C19H23N3O4/c1-5-22(6-2)19(24)13-9-10-20-16(11-13)18(23)21-15-8-7-14(25-3)12-17(15)26-4/h7-12H,5-6H2,1-4H3,(H,21,23). The molecule has 0 aliphatic rings. The van der Waals surface area contributed by atoms with Gasteiger partial charge in [-0.25, -0.2) is 0 Å². The molecule has 1 aromatic heterocycles. The Hall–Kier alpha value is -3.09. The van der Waals surface area contributed by atoms with Gasteiger partial charge in [-0.3, -0.25) is 14.6 Å². The van der Waals surface area contributed by atoms with Crippen LogP contribution in [0.4, 0.5) is 5.69 Å². The van der Waals surface area contributed by atoms with E-state index in [1.807, 2.05) is 13.8 Å².